The molecule has 0 saturated carbocycles. The van der Waals surface area contributed by atoms with Crippen molar-refractivity contribution in [1.29, 1.82) is 0 Å². The van der Waals surface area contributed by atoms with Crippen molar-refractivity contribution in [1.82, 2.24) is 25.1 Å². The molecular weight excluding hydrogens is 306 g/mol. The molecule has 7 heteroatoms. The summed E-state index contributed by atoms with van der Waals surface area (Å²) in [7, 11) is 0. The summed E-state index contributed by atoms with van der Waals surface area (Å²) >= 11 is 0. The van der Waals surface area contributed by atoms with Gasteiger partial charge in [0.05, 0.1) is 12.7 Å². The van der Waals surface area contributed by atoms with E-state index in [0.29, 0.717) is 19.6 Å². The Balaban J connectivity index is 1.33. The number of tetrazole rings is 1. The Morgan fingerprint density at radius 1 is 1.21 bits per heavy atom. The highest BCUT2D eigenvalue weighted by Crippen LogP contribution is 2.16. The number of rotatable bonds is 7. The first-order chi connectivity index (χ1) is 11.8. The first-order valence-electron chi connectivity index (χ1n) is 8.45. The number of benzene rings is 1. The van der Waals surface area contributed by atoms with Crippen LogP contribution in [0.4, 0.5) is 0 Å². The molecular formula is C17H23N5O2. The van der Waals surface area contributed by atoms with Crippen molar-refractivity contribution < 1.29 is 9.53 Å². The largest absolute Gasteiger partial charge is 0.373 e. The molecule has 0 spiro atoms. The van der Waals surface area contributed by atoms with Crippen molar-refractivity contribution in [2.24, 2.45) is 0 Å². The fourth-order valence-electron chi connectivity index (χ4n) is 2.89. The van der Waals surface area contributed by atoms with E-state index < -0.39 is 0 Å². The van der Waals surface area contributed by atoms with Crippen LogP contribution in [0.5, 0.6) is 0 Å². The second-order valence-corrected chi connectivity index (χ2v) is 6.05. The van der Waals surface area contributed by atoms with Gasteiger partial charge in [0.15, 0.2) is 0 Å². The van der Waals surface area contributed by atoms with Crippen LogP contribution in [0.3, 0.4) is 0 Å². The molecule has 2 aromatic rings. The number of hydrogen-bond acceptors (Lipinski definition) is 5. The van der Waals surface area contributed by atoms with Crippen LogP contribution in [-0.4, -0.2) is 50.2 Å². The van der Waals surface area contributed by atoms with Gasteiger partial charge in [-0.05, 0) is 35.3 Å². The Bertz CT molecular complexity index is 609. The molecule has 1 fully saturated rings. The summed E-state index contributed by atoms with van der Waals surface area (Å²) in [4.78, 5) is 14.2. The summed E-state index contributed by atoms with van der Waals surface area (Å²) in [6, 6.07) is 10.2. The van der Waals surface area contributed by atoms with Gasteiger partial charge in [0, 0.05) is 26.1 Å². The lowest BCUT2D eigenvalue weighted by molar-refractivity contribution is -0.134. The van der Waals surface area contributed by atoms with Gasteiger partial charge in [0.1, 0.15) is 6.33 Å². The SMILES string of the molecule is O=C(CCCn1cnnn1)N1CCC(OCc2ccccc2)CC1. The molecule has 24 heavy (non-hydrogen) atoms. The lowest BCUT2D eigenvalue weighted by Gasteiger charge is -2.32. The van der Waals surface area contributed by atoms with Gasteiger partial charge in [0.25, 0.3) is 0 Å². The van der Waals surface area contributed by atoms with E-state index in [-0.39, 0.29) is 12.0 Å². The predicted octanol–water partition coefficient (Wildman–Crippen LogP) is 1.66. The van der Waals surface area contributed by atoms with Crippen molar-refractivity contribution >= 4 is 5.91 Å². The average molecular weight is 329 g/mol. The van der Waals surface area contributed by atoms with Crippen LogP contribution in [0.1, 0.15) is 31.2 Å². The van der Waals surface area contributed by atoms with E-state index in [1.165, 1.54) is 5.56 Å². The van der Waals surface area contributed by atoms with Crippen LogP contribution in [0.2, 0.25) is 0 Å². The Kier molecular flexibility index (Phi) is 5.90. The molecule has 0 aliphatic carbocycles. The molecule has 1 aliphatic heterocycles. The minimum Gasteiger partial charge on any atom is -0.373 e. The van der Waals surface area contributed by atoms with Gasteiger partial charge < -0.3 is 9.64 Å². The van der Waals surface area contributed by atoms with Crippen LogP contribution in [0.25, 0.3) is 0 Å². The van der Waals surface area contributed by atoms with Crippen molar-refractivity contribution in [3.63, 3.8) is 0 Å². The Morgan fingerprint density at radius 3 is 2.71 bits per heavy atom. The fraction of sp³-hybridized carbons (Fsp3) is 0.529. The summed E-state index contributed by atoms with van der Waals surface area (Å²) < 4.78 is 7.61. The fourth-order valence-corrected chi connectivity index (χ4v) is 2.89. The third-order valence-electron chi connectivity index (χ3n) is 4.29. The van der Waals surface area contributed by atoms with E-state index in [1.54, 1.807) is 11.0 Å². The number of aromatic nitrogens is 4. The average Bonchev–Trinajstić information content (AvgIpc) is 3.15. The molecule has 0 atom stereocenters. The number of hydrogen-bond donors (Lipinski definition) is 0. The molecule has 3 rings (SSSR count). The number of carbonyl (C=O) groups excluding carboxylic acids is 1. The Labute approximate surface area is 141 Å². The minimum atomic E-state index is 0.213. The normalized spacial score (nSPS) is 15.6. The second kappa shape index (κ2) is 8.54. The topological polar surface area (TPSA) is 73.1 Å². The molecule has 1 saturated heterocycles. The number of nitrogens with zero attached hydrogens (tertiary/aromatic N) is 5. The summed E-state index contributed by atoms with van der Waals surface area (Å²) in [5.74, 6) is 0.213. The number of ether oxygens (including phenoxy) is 1. The summed E-state index contributed by atoms with van der Waals surface area (Å²) in [6.45, 7) is 2.88. The maximum atomic E-state index is 12.2. The summed E-state index contributed by atoms with van der Waals surface area (Å²) in [5.41, 5.74) is 1.19. The molecule has 1 amide bonds. The first kappa shape index (κ1) is 16.6. The van der Waals surface area contributed by atoms with Crippen LogP contribution >= 0.6 is 0 Å². The number of amides is 1. The van der Waals surface area contributed by atoms with Crippen molar-refractivity contribution in [2.45, 2.75) is 44.9 Å². The lowest BCUT2D eigenvalue weighted by Crippen LogP contribution is -2.40. The number of piperidine rings is 1. The van der Waals surface area contributed by atoms with Gasteiger partial charge in [-0.3, -0.25) is 4.79 Å². The van der Waals surface area contributed by atoms with Gasteiger partial charge >= 0.3 is 0 Å². The number of carbonyl (C=O) groups is 1. The quantitative estimate of drug-likeness (QED) is 0.772. The molecule has 0 N–H and O–H groups in total. The minimum absolute atomic E-state index is 0.213. The third-order valence-corrected chi connectivity index (χ3v) is 4.29. The zero-order chi connectivity index (χ0) is 16.6. The molecule has 2 heterocycles. The summed E-state index contributed by atoms with van der Waals surface area (Å²) in [6.07, 6.45) is 4.93. The maximum absolute atomic E-state index is 12.2. The highest BCUT2D eigenvalue weighted by Gasteiger charge is 2.22. The molecule has 0 radical (unpaired) electrons. The van der Waals surface area contributed by atoms with E-state index in [1.807, 2.05) is 23.1 Å². The number of aryl methyl sites for hydroxylation is 1. The van der Waals surface area contributed by atoms with Gasteiger partial charge in [-0.15, -0.1) is 5.10 Å². The van der Waals surface area contributed by atoms with E-state index >= 15 is 0 Å². The maximum Gasteiger partial charge on any atom is 0.222 e. The van der Waals surface area contributed by atoms with Crippen molar-refractivity contribution in [3.05, 3.63) is 42.2 Å². The van der Waals surface area contributed by atoms with E-state index in [2.05, 4.69) is 27.7 Å². The van der Waals surface area contributed by atoms with Crippen LogP contribution < -0.4 is 0 Å². The van der Waals surface area contributed by atoms with E-state index in [4.69, 9.17) is 4.74 Å². The van der Waals surface area contributed by atoms with Gasteiger partial charge in [-0.2, -0.15) is 0 Å². The highest BCUT2D eigenvalue weighted by atomic mass is 16.5. The standard InChI is InChI=1S/C17H23N5O2/c23-17(7-4-10-22-14-18-19-20-22)21-11-8-16(9-12-21)24-13-15-5-2-1-3-6-15/h1-3,5-6,14,16H,4,7-13H2. The van der Waals surface area contributed by atoms with Crippen molar-refractivity contribution in [3.8, 4) is 0 Å². The highest BCUT2D eigenvalue weighted by molar-refractivity contribution is 5.76. The van der Waals surface area contributed by atoms with Crippen LogP contribution in [0, 0.1) is 0 Å². The Hall–Kier alpha value is -2.28. The predicted molar refractivity (Wildman–Crippen MR) is 87.9 cm³/mol. The monoisotopic (exact) mass is 329 g/mol. The van der Waals surface area contributed by atoms with Crippen LogP contribution in [-0.2, 0) is 22.7 Å². The molecule has 128 valence electrons. The molecule has 1 aliphatic rings. The second-order valence-electron chi connectivity index (χ2n) is 6.05. The summed E-state index contributed by atoms with van der Waals surface area (Å²) in [5, 5.41) is 11.0. The molecule has 0 bridgehead atoms. The Morgan fingerprint density at radius 2 is 2.00 bits per heavy atom. The smallest absolute Gasteiger partial charge is 0.222 e. The number of likely N-dealkylation sites (tertiary alicyclic amines) is 1. The zero-order valence-corrected chi connectivity index (χ0v) is 13.8. The molecule has 1 aromatic carbocycles. The third kappa shape index (κ3) is 4.86. The molecule has 0 unspecified atom stereocenters. The first-order valence-corrected chi connectivity index (χ1v) is 8.45. The van der Waals surface area contributed by atoms with Gasteiger partial charge in [0.2, 0.25) is 5.91 Å². The zero-order valence-electron chi connectivity index (χ0n) is 13.8. The molecule has 1 aromatic heterocycles. The molecule has 7 nitrogen and oxygen atoms in total. The van der Waals surface area contributed by atoms with Gasteiger partial charge in [-0.1, -0.05) is 30.3 Å². The van der Waals surface area contributed by atoms with E-state index in [9.17, 15) is 4.79 Å². The van der Waals surface area contributed by atoms with E-state index in [0.717, 1.165) is 32.4 Å². The van der Waals surface area contributed by atoms with Crippen LogP contribution in [0.15, 0.2) is 36.7 Å². The van der Waals surface area contributed by atoms with Gasteiger partial charge in [-0.25, -0.2) is 4.68 Å². The van der Waals surface area contributed by atoms with Crippen molar-refractivity contribution in [2.75, 3.05) is 13.1 Å². The lowest BCUT2D eigenvalue weighted by atomic mass is 10.1.